The highest BCUT2D eigenvalue weighted by atomic mass is 32.2. The second kappa shape index (κ2) is 5.53. The van der Waals surface area contributed by atoms with E-state index in [9.17, 15) is 17.6 Å². The molecule has 0 unspecified atom stereocenters. The van der Waals surface area contributed by atoms with Crippen molar-refractivity contribution in [2.24, 2.45) is 0 Å². The SMILES string of the molecule is CN(c1ccc(F)cc1)S(=O)(=O)c1cccc(C(=O)O)c1. The van der Waals surface area contributed by atoms with E-state index in [-0.39, 0.29) is 16.1 Å². The summed E-state index contributed by atoms with van der Waals surface area (Å²) in [7, 11) is -2.60. The number of halogens is 1. The molecule has 7 heteroatoms. The first-order chi connectivity index (χ1) is 9.82. The van der Waals surface area contributed by atoms with Crippen LogP contribution in [0, 0.1) is 5.82 Å². The van der Waals surface area contributed by atoms with Gasteiger partial charge in [-0.3, -0.25) is 4.31 Å². The van der Waals surface area contributed by atoms with E-state index in [1.807, 2.05) is 0 Å². The zero-order valence-electron chi connectivity index (χ0n) is 11.0. The molecule has 21 heavy (non-hydrogen) atoms. The van der Waals surface area contributed by atoms with Gasteiger partial charge in [-0.05, 0) is 42.5 Å². The number of hydrogen-bond acceptors (Lipinski definition) is 3. The van der Waals surface area contributed by atoms with Gasteiger partial charge in [0, 0.05) is 7.05 Å². The van der Waals surface area contributed by atoms with Crippen molar-refractivity contribution in [2.75, 3.05) is 11.4 Å². The summed E-state index contributed by atoms with van der Waals surface area (Å²) >= 11 is 0. The highest BCUT2D eigenvalue weighted by Gasteiger charge is 2.22. The van der Waals surface area contributed by atoms with Crippen LogP contribution in [0.2, 0.25) is 0 Å². The van der Waals surface area contributed by atoms with Crippen molar-refractivity contribution in [1.82, 2.24) is 0 Å². The van der Waals surface area contributed by atoms with Crippen molar-refractivity contribution >= 4 is 21.7 Å². The number of anilines is 1. The van der Waals surface area contributed by atoms with Gasteiger partial charge in [-0.15, -0.1) is 0 Å². The molecule has 0 radical (unpaired) electrons. The van der Waals surface area contributed by atoms with Gasteiger partial charge in [0.1, 0.15) is 5.82 Å². The second-order valence-corrected chi connectivity index (χ2v) is 6.25. The number of hydrogen-bond donors (Lipinski definition) is 1. The van der Waals surface area contributed by atoms with E-state index >= 15 is 0 Å². The number of sulfonamides is 1. The third kappa shape index (κ3) is 3.03. The van der Waals surface area contributed by atoms with E-state index < -0.39 is 21.8 Å². The van der Waals surface area contributed by atoms with Gasteiger partial charge >= 0.3 is 5.97 Å². The average molecular weight is 309 g/mol. The van der Waals surface area contributed by atoms with Crippen molar-refractivity contribution < 1.29 is 22.7 Å². The Hall–Kier alpha value is -2.41. The fourth-order valence-corrected chi connectivity index (χ4v) is 2.98. The number of nitrogens with zero attached hydrogens (tertiary/aromatic N) is 1. The lowest BCUT2D eigenvalue weighted by Crippen LogP contribution is -2.26. The van der Waals surface area contributed by atoms with Crippen LogP contribution in [0.4, 0.5) is 10.1 Å². The monoisotopic (exact) mass is 309 g/mol. The molecule has 0 aliphatic rings. The number of carbonyl (C=O) groups is 1. The van der Waals surface area contributed by atoms with E-state index in [4.69, 9.17) is 5.11 Å². The van der Waals surface area contributed by atoms with E-state index in [1.165, 1.54) is 37.4 Å². The highest BCUT2D eigenvalue weighted by Crippen LogP contribution is 2.22. The Labute approximate surface area is 121 Å². The Balaban J connectivity index is 2.44. The van der Waals surface area contributed by atoms with Gasteiger partial charge in [0.25, 0.3) is 10.0 Å². The van der Waals surface area contributed by atoms with Crippen molar-refractivity contribution in [3.63, 3.8) is 0 Å². The molecule has 0 aliphatic carbocycles. The largest absolute Gasteiger partial charge is 0.478 e. The average Bonchev–Trinajstić information content (AvgIpc) is 2.47. The van der Waals surface area contributed by atoms with Crippen LogP contribution >= 0.6 is 0 Å². The van der Waals surface area contributed by atoms with Gasteiger partial charge < -0.3 is 5.11 Å². The number of carboxylic acid groups (broad SMARTS) is 1. The molecular formula is C14H12FNO4S. The molecule has 0 aromatic heterocycles. The summed E-state index contributed by atoms with van der Waals surface area (Å²) in [6, 6.07) is 10.00. The smallest absolute Gasteiger partial charge is 0.335 e. The van der Waals surface area contributed by atoms with E-state index in [0.29, 0.717) is 0 Å². The number of benzene rings is 2. The quantitative estimate of drug-likeness (QED) is 0.940. The Morgan fingerprint density at radius 2 is 1.76 bits per heavy atom. The van der Waals surface area contributed by atoms with Crippen molar-refractivity contribution in [2.45, 2.75) is 4.90 Å². The van der Waals surface area contributed by atoms with Crippen LogP contribution in [-0.2, 0) is 10.0 Å². The molecule has 2 aromatic rings. The maximum absolute atomic E-state index is 12.9. The van der Waals surface area contributed by atoms with Crippen LogP contribution < -0.4 is 4.31 Å². The summed E-state index contributed by atoms with van der Waals surface area (Å²) in [6.45, 7) is 0. The molecule has 0 amide bonds. The van der Waals surface area contributed by atoms with Gasteiger partial charge in [0.05, 0.1) is 16.1 Å². The molecule has 110 valence electrons. The van der Waals surface area contributed by atoms with E-state index in [1.54, 1.807) is 0 Å². The molecule has 0 heterocycles. The second-order valence-electron chi connectivity index (χ2n) is 4.28. The Kier molecular flexibility index (Phi) is 3.95. The molecule has 2 rings (SSSR count). The van der Waals surface area contributed by atoms with Crippen LogP contribution in [0.3, 0.4) is 0 Å². The van der Waals surface area contributed by atoms with Crippen molar-refractivity contribution in [3.8, 4) is 0 Å². The first-order valence-electron chi connectivity index (χ1n) is 5.90. The topological polar surface area (TPSA) is 74.7 Å². The minimum Gasteiger partial charge on any atom is -0.478 e. The number of rotatable bonds is 4. The highest BCUT2D eigenvalue weighted by molar-refractivity contribution is 7.92. The van der Waals surface area contributed by atoms with Gasteiger partial charge in [-0.1, -0.05) is 6.07 Å². The van der Waals surface area contributed by atoms with Crippen LogP contribution in [-0.4, -0.2) is 26.5 Å². The predicted octanol–water partition coefficient (Wildman–Crippen LogP) is 2.35. The fraction of sp³-hybridized carbons (Fsp3) is 0.0714. The van der Waals surface area contributed by atoms with E-state index in [0.717, 1.165) is 22.5 Å². The summed E-state index contributed by atoms with van der Waals surface area (Å²) in [6.07, 6.45) is 0. The molecule has 0 saturated carbocycles. The molecular weight excluding hydrogens is 297 g/mol. The molecule has 0 bridgehead atoms. The van der Waals surface area contributed by atoms with E-state index in [2.05, 4.69) is 0 Å². The maximum Gasteiger partial charge on any atom is 0.335 e. The molecule has 0 aliphatic heterocycles. The van der Waals surface area contributed by atoms with Crippen LogP contribution in [0.25, 0.3) is 0 Å². The minimum atomic E-state index is -3.91. The fourth-order valence-electron chi connectivity index (χ4n) is 1.74. The van der Waals surface area contributed by atoms with Crippen LogP contribution in [0.15, 0.2) is 53.4 Å². The lowest BCUT2D eigenvalue weighted by atomic mass is 10.2. The number of carboxylic acids is 1. The third-order valence-corrected chi connectivity index (χ3v) is 4.71. The van der Waals surface area contributed by atoms with Gasteiger partial charge in [-0.25, -0.2) is 17.6 Å². The molecule has 2 aromatic carbocycles. The number of aromatic carboxylic acids is 1. The first kappa shape index (κ1) is 15.0. The molecule has 0 fully saturated rings. The molecule has 1 N–H and O–H groups in total. The Morgan fingerprint density at radius 1 is 1.14 bits per heavy atom. The molecule has 5 nitrogen and oxygen atoms in total. The Morgan fingerprint density at radius 3 is 2.33 bits per heavy atom. The van der Waals surface area contributed by atoms with Gasteiger partial charge in [-0.2, -0.15) is 0 Å². The molecule has 0 saturated heterocycles. The lowest BCUT2D eigenvalue weighted by Gasteiger charge is -2.19. The third-order valence-electron chi connectivity index (χ3n) is 2.93. The van der Waals surface area contributed by atoms with Crippen molar-refractivity contribution in [1.29, 1.82) is 0 Å². The summed E-state index contributed by atoms with van der Waals surface area (Å²) in [5, 5.41) is 8.91. The van der Waals surface area contributed by atoms with Gasteiger partial charge in [0.15, 0.2) is 0 Å². The molecule has 0 spiro atoms. The van der Waals surface area contributed by atoms with Crippen LogP contribution in [0.5, 0.6) is 0 Å². The molecule has 0 atom stereocenters. The Bertz CT molecular complexity index is 772. The van der Waals surface area contributed by atoms with Gasteiger partial charge in [0.2, 0.25) is 0 Å². The summed E-state index contributed by atoms with van der Waals surface area (Å²) in [4.78, 5) is 10.8. The van der Waals surface area contributed by atoms with Crippen molar-refractivity contribution in [3.05, 3.63) is 59.9 Å². The zero-order chi connectivity index (χ0) is 15.6. The maximum atomic E-state index is 12.9. The normalized spacial score (nSPS) is 11.1. The zero-order valence-corrected chi connectivity index (χ0v) is 11.8. The minimum absolute atomic E-state index is 0.122. The summed E-state index contributed by atoms with van der Waals surface area (Å²) < 4.78 is 38.7. The standard InChI is InChI=1S/C14H12FNO4S/c1-16(12-7-5-11(15)6-8-12)21(19,20)13-4-2-3-10(9-13)14(17)18/h2-9H,1H3,(H,17,18). The lowest BCUT2D eigenvalue weighted by molar-refractivity contribution is 0.0696. The van der Waals surface area contributed by atoms with Crippen LogP contribution in [0.1, 0.15) is 10.4 Å². The predicted molar refractivity (Wildman–Crippen MR) is 75.4 cm³/mol. The first-order valence-corrected chi connectivity index (χ1v) is 7.34. The summed E-state index contributed by atoms with van der Waals surface area (Å²) in [5.74, 6) is -1.69. The summed E-state index contributed by atoms with van der Waals surface area (Å²) in [5.41, 5.74) is 0.153.